The molecule has 2 aromatic heterocycles. The van der Waals surface area contributed by atoms with Gasteiger partial charge in [0.25, 0.3) is 11.5 Å². The number of nitrogens with zero attached hydrogens (tertiary/aromatic N) is 4. The fraction of sp³-hybridized carbons (Fsp3) is 0.375. The number of carbonyl (C=O) groups is 1. The first-order chi connectivity index (χ1) is 15.5. The van der Waals surface area contributed by atoms with Gasteiger partial charge in [-0.3, -0.25) is 9.59 Å². The molecule has 3 heterocycles. The summed E-state index contributed by atoms with van der Waals surface area (Å²) < 4.78 is 1.31. The fourth-order valence-electron chi connectivity index (χ4n) is 4.52. The molecule has 0 radical (unpaired) electrons. The Hall–Kier alpha value is -2.64. The van der Waals surface area contributed by atoms with Gasteiger partial charge in [0.05, 0.1) is 22.4 Å². The molecule has 1 atom stereocenters. The van der Waals surface area contributed by atoms with Crippen LogP contribution in [0.1, 0.15) is 33.5 Å². The second kappa shape index (κ2) is 8.71. The zero-order chi connectivity index (χ0) is 22.2. The van der Waals surface area contributed by atoms with Gasteiger partial charge in [0.1, 0.15) is 5.02 Å². The third kappa shape index (κ3) is 3.95. The lowest BCUT2D eigenvalue weighted by molar-refractivity contribution is 0.0751. The van der Waals surface area contributed by atoms with E-state index in [0.29, 0.717) is 43.5 Å². The number of amides is 1. The van der Waals surface area contributed by atoms with Gasteiger partial charge >= 0.3 is 0 Å². The fourth-order valence-corrected chi connectivity index (χ4v) is 5.94. The summed E-state index contributed by atoms with van der Waals surface area (Å²) >= 11 is 8.11. The Morgan fingerprint density at radius 1 is 1.16 bits per heavy atom. The smallest absolute Gasteiger partial charge is 0.292 e. The first-order valence-corrected chi connectivity index (χ1v) is 12.2. The summed E-state index contributed by atoms with van der Waals surface area (Å²) in [6, 6.07) is 11.3. The standard InChI is InChI=1S/C24H25ClN4O2S/c1-16-7-8-20-17(13-16)14-21(32-20)23(30)28-11-9-27(10-12-28)19-15-26-29(24(31)22(19)25)18-5-3-2-4-6-18/h2-6,14-16H,7-13H2,1H3/t16-/m0/s1. The Kier molecular flexibility index (Phi) is 5.78. The summed E-state index contributed by atoms with van der Waals surface area (Å²) in [6.07, 6.45) is 5.01. The van der Waals surface area contributed by atoms with Crippen LogP contribution in [0, 0.1) is 5.92 Å². The number of fused-ring (bicyclic) bond motifs is 1. The Morgan fingerprint density at radius 3 is 2.66 bits per heavy atom. The molecule has 1 amide bonds. The number of thiophene rings is 1. The number of piperazine rings is 1. The molecule has 0 unspecified atom stereocenters. The first kappa shape index (κ1) is 21.2. The van der Waals surface area contributed by atoms with E-state index in [1.807, 2.05) is 40.1 Å². The van der Waals surface area contributed by atoms with Crippen molar-refractivity contribution in [2.75, 3.05) is 31.1 Å². The van der Waals surface area contributed by atoms with Crippen molar-refractivity contribution in [3.05, 3.63) is 73.3 Å². The van der Waals surface area contributed by atoms with Gasteiger partial charge < -0.3 is 9.80 Å². The minimum atomic E-state index is -0.340. The van der Waals surface area contributed by atoms with Crippen molar-refractivity contribution in [2.45, 2.75) is 26.2 Å². The van der Waals surface area contributed by atoms with Crippen LogP contribution in [0.2, 0.25) is 5.02 Å². The number of carbonyl (C=O) groups excluding carboxylic acids is 1. The van der Waals surface area contributed by atoms with Gasteiger partial charge in [-0.1, -0.05) is 36.7 Å². The largest absolute Gasteiger partial charge is 0.365 e. The lowest BCUT2D eigenvalue weighted by Gasteiger charge is -2.36. The average Bonchev–Trinajstić information content (AvgIpc) is 3.24. The number of aryl methyl sites for hydroxylation is 1. The van der Waals surface area contributed by atoms with E-state index < -0.39 is 0 Å². The highest BCUT2D eigenvalue weighted by Gasteiger charge is 2.27. The highest BCUT2D eigenvalue weighted by molar-refractivity contribution is 7.14. The normalized spacial score (nSPS) is 18.5. The molecule has 1 fully saturated rings. The predicted octanol–water partition coefficient (Wildman–Crippen LogP) is 4.03. The van der Waals surface area contributed by atoms with Crippen LogP contribution in [0.15, 0.2) is 47.4 Å². The van der Waals surface area contributed by atoms with Crippen molar-refractivity contribution >= 4 is 34.5 Å². The molecule has 1 aliphatic carbocycles. The van der Waals surface area contributed by atoms with Crippen molar-refractivity contribution in [3.8, 4) is 5.69 Å². The molecule has 166 valence electrons. The summed E-state index contributed by atoms with van der Waals surface area (Å²) in [6.45, 7) is 4.69. The van der Waals surface area contributed by atoms with E-state index in [0.717, 1.165) is 17.7 Å². The van der Waals surface area contributed by atoms with Gasteiger partial charge in [0.15, 0.2) is 0 Å². The van der Waals surface area contributed by atoms with E-state index >= 15 is 0 Å². The van der Waals surface area contributed by atoms with Crippen LogP contribution in [0.4, 0.5) is 5.69 Å². The molecule has 1 saturated heterocycles. The van der Waals surface area contributed by atoms with Crippen LogP contribution < -0.4 is 10.5 Å². The van der Waals surface area contributed by atoms with Gasteiger partial charge in [0, 0.05) is 31.1 Å². The number of aromatic nitrogens is 2. The van der Waals surface area contributed by atoms with Crippen LogP contribution in [0.25, 0.3) is 5.69 Å². The number of benzene rings is 1. The molecule has 3 aromatic rings. The maximum atomic E-state index is 13.1. The Balaban J connectivity index is 1.28. The molecule has 1 aromatic carbocycles. The third-order valence-corrected chi connectivity index (χ3v) is 7.93. The summed E-state index contributed by atoms with van der Waals surface area (Å²) in [7, 11) is 0. The average molecular weight is 469 g/mol. The summed E-state index contributed by atoms with van der Waals surface area (Å²) in [5, 5.41) is 4.48. The Bertz CT molecular complexity index is 1200. The van der Waals surface area contributed by atoms with E-state index in [1.54, 1.807) is 17.5 Å². The number of rotatable bonds is 3. The highest BCUT2D eigenvalue weighted by Crippen LogP contribution is 2.33. The van der Waals surface area contributed by atoms with Crippen LogP contribution in [0.3, 0.4) is 0 Å². The van der Waals surface area contributed by atoms with Crippen molar-refractivity contribution in [1.82, 2.24) is 14.7 Å². The quantitative estimate of drug-likeness (QED) is 0.582. The van der Waals surface area contributed by atoms with E-state index in [9.17, 15) is 9.59 Å². The van der Waals surface area contributed by atoms with Gasteiger partial charge in [-0.25, -0.2) is 0 Å². The molecule has 2 aliphatic rings. The Labute approximate surface area is 196 Å². The maximum Gasteiger partial charge on any atom is 0.292 e. The molecule has 32 heavy (non-hydrogen) atoms. The molecular weight excluding hydrogens is 444 g/mol. The van der Waals surface area contributed by atoms with Gasteiger partial charge in [-0.2, -0.15) is 9.78 Å². The molecule has 0 spiro atoms. The molecule has 5 rings (SSSR count). The molecule has 6 nitrogen and oxygen atoms in total. The SMILES string of the molecule is C[C@H]1CCc2sc(C(=O)N3CCN(c4cnn(-c5ccccc5)c(=O)c4Cl)CC3)cc2C1. The second-order valence-electron chi connectivity index (χ2n) is 8.58. The van der Waals surface area contributed by atoms with Crippen LogP contribution in [-0.4, -0.2) is 46.8 Å². The number of anilines is 1. The maximum absolute atomic E-state index is 13.1. The van der Waals surface area contributed by atoms with E-state index in [1.165, 1.54) is 21.5 Å². The topological polar surface area (TPSA) is 58.4 Å². The molecule has 0 saturated carbocycles. The van der Waals surface area contributed by atoms with Gasteiger partial charge in [0.2, 0.25) is 0 Å². The lowest BCUT2D eigenvalue weighted by Crippen LogP contribution is -2.49. The zero-order valence-corrected chi connectivity index (χ0v) is 19.5. The summed E-state index contributed by atoms with van der Waals surface area (Å²) in [5.74, 6) is 0.805. The summed E-state index contributed by atoms with van der Waals surface area (Å²) in [4.78, 5) is 32.1. The molecule has 0 N–H and O–H groups in total. The van der Waals surface area contributed by atoms with Crippen molar-refractivity contribution in [3.63, 3.8) is 0 Å². The van der Waals surface area contributed by atoms with Crippen LogP contribution >= 0.6 is 22.9 Å². The second-order valence-corrected chi connectivity index (χ2v) is 10.1. The van der Waals surface area contributed by atoms with Crippen LogP contribution in [0.5, 0.6) is 0 Å². The zero-order valence-electron chi connectivity index (χ0n) is 18.0. The molecule has 0 bridgehead atoms. The monoisotopic (exact) mass is 468 g/mol. The van der Waals surface area contributed by atoms with Crippen molar-refractivity contribution in [1.29, 1.82) is 0 Å². The first-order valence-electron chi connectivity index (χ1n) is 11.0. The number of halogens is 1. The number of para-hydroxylation sites is 1. The highest BCUT2D eigenvalue weighted by atomic mass is 35.5. The van der Waals surface area contributed by atoms with E-state index in [4.69, 9.17) is 11.6 Å². The molecule has 8 heteroatoms. The van der Waals surface area contributed by atoms with Crippen LogP contribution in [-0.2, 0) is 12.8 Å². The minimum absolute atomic E-state index is 0.111. The van der Waals surface area contributed by atoms with Gasteiger partial charge in [-0.05, 0) is 48.9 Å². The summed E-state index contributed by atoms with van der Waals surface area (Å²) in [5.41, 5.74) is 2.31. The van der Waals surface area contributed by atoms with E-state index in [2.05, 4.69) is 18.1 Å². The lowest BCUT2D eigenvalue weighted by atomic mass is 9.90. The van der Waals surface area contributed by atoms with Crippen molar-refractivity contribution < 1.29 is 4.79 Å². The number of hydrogen-bond acceptors (Lipinski definition) is 5. The van der Waals surface area contributed by atoms with Crippen molar-refractivity contribution in [2.24, 2.45) is 5.92 Å². The molecular formula is C24H25ClN4O2S. The Morgan fingerprint density at radius 2 is 1.91 bits per heavy atom. The predicted molar refractivity (Wildman–Crippen MR) is 128 cm³/mol. The third-order valence-electron chi connectivity index (χ3n) is 6.35. The van der Waals surface area contributed by atoms with Gasteiger partial charge in [-0.15, -0.1) is 11.3 Å². The van der Waals surface area contributed by atoms with E-state index in [-0.39, 0.29) is 16.5 Å². The minimum Gasteiger partial charge on any atom is -0.365 e. The number of hydrogen-bond donors (Lipinski definition) is 0. The molecule has 1 aliphatic heterocycles.